The third-order valence-corrected chi connectivity index (χ3v) is 2.52. The summed E-state index contributed by atoms with van der Waals surface area (Å²) in [6.07, 6.45) is 2.83. The molecule has 0 aliphatic heterocycles. The lowest BCUT2D eigenvalue weighted by Crippen LogP contribution is -2.23. The largest absolute Gasteiger partial charge is 0.352 e. The van der Waals surface area contributed by atoms with Crippen LogP contribution in [0.15, 0.2) is 36.9 Å². The highest BCUT2D eigenvalue weighted by molar-refractivity contribution is 5.97. The first-order valence-electron chi connectivity index (χ1n) is 6.19. The molecule has 0 bridgehead atoms. The van der Waals surface area contributed by atoms with Gasteiger partial charge in [0.25, 0.3) is 5.91 Å². The zero-order valence-electron chi connectivity index (χ0n) is 11.0. The number of hydrogen-bond donors (Lipinski definition) is 2. The minimum absolute atomic E-state index is 0.0748. The molecule has 104 valence electrons. The maximum absolute atomic E-state index is 11.8. The molecule has 0 radical (unpaired) electrons. The lowest BCUT2D eigenvalue weighted by molar-refractivity contribution is -0.116. The van der Waals surface area contributed by atoms with Crippen molar-refractivity contribution < 1.29 is 9.59 Å². The van der Waals surface area contributed by atoms with Gasteiger partial charge in [0.15, 0.2) is 0 Å². The molecule has 0 unspecified atom stereocenters. The van der Waals surface area contributed by atoms with Crippen molar-refractivity contribution in [1.82, 2.24) is 20.1 Å². The van der Waals surface area contributed by atoms with E-state index in [2.05, 4.69) is 20.7 Å². The van der Waals surface area contributed by atoms with Gasteiger partial charge in [-0.3, -0.25) is 9.59 Å². The number of hydrogen-bond acceptors (Lipinski definition) is 4. The van der Waals surface area contributed by atoms with Crippen LogP contribution in [0.5, 0.6) is 0 Å². The summed E-state index contributed by atoms with van der Waals surface area (Å²) in [4.78, 5) is 27.2. The van der Waals surface area contributed by atoms with Crippen molar-refractivity contribution in [3.63, 3.8) is 0 Å². The molecule has 7 nitrogen and oxygen atoms in total. The Kier molecular flexibility index (Phi) is 4.43. The summed E-state index contributed by atoms with van der Waals surface area (Å²) in [5.74, 6) is -0.400. The lowest BCUT2D eigenvalue weighted by atomic mass is 10.2. The maximum atomic E-state index is 11.8. The third kappa shape index (κ3) is 3.64. The van der Waals surface area contributed by atoms with Gasteiger partial charge in [-0.1, -0.05) is 6.07 Å². The molecule has 0 saturated carbocycles. The number of amides is 2. The monoisotopic (exact) mass is 273 g/mol. The van der Waals surface area contributed by atoms with Crippen molar-refractivity contribution in [2.45, 2.75) is 13.5 Å². The normalized spacial score (nSPS) is 10.1. The van der Waals surface area contributed by atoms with Gasteiger partial charge in [0, 0.05) is 17.8 Å². The van der Waals surface area contributed by atoms with E-state index in [1.54, 1.807) is 24.3 Å². The molecule has 0 saturated heterocycles. The van der Waals surface area contributed by atoms with Gasteiger partial charge in [-0.2, -0.15) is 5.10 Å². The van der Waals surface area contributed by atoms with E-state index in [0.29, 0.717) is 17.8 Å². The Hall–Kier alpha value is -2.70. The second-order valence-corrected chi connectivity index (χ2v) is 4.08. The molecule has 1 aromatic heterocycles. The van der Waals surface area contributed by atoms with Crippen LogP contribution in [0.2, 0.25) is 0 Å². The van der Waals surface area contributed by atoms with Crippen LogP contribution in [0.25, 0.3) is 0 Å². The second kappa shape index (κ2) is 6.46. The van der Waals surface area contributed by atoms with Crippen LogP contribution in [0.1, 0.15) is 17.3 Å². The van der Waals surface area contributed by atoms with Crippen LogP contribution in [0.4, 0.5) is 5.69 Å². The number of rotatable bonds is 5. The summed E-state index contributed by atoms with van der Waals surface area (Å²) in [5, 5.41) is 9.26. The fourth-order valence-corrected chi connectivity index (χ4v) is 1.66. The number of anilines is 1. The Bertz CT molecular complexity index is 595. The predicted molar refractivity (Wildman–Crippen MR) is 73.1 cm³/mol. The molecule has 0 fully saturated rings. The standard InChI is InChI=1S/C13H15N5O2/c1-2-15-13(20)10-4-3-5-11(6-10)17-12(19)7-18-9-14-8-16-18/h3-6,8-9H,2,7H2,1H3,(H,15,20)(H,17,19). The number of nitrogens with zero attached hydrogens (tertiary/aromatic N) is 3. The van der Waals surface area contributed by atoms with Crippen molar-refractivity contribution in [2.75, 3.05) is 11.9 Å². The SMILES string of the molecule is CCNC(=O)c1cccc(NC(=O)Cn2cncn2)c1. The van der Waals surface area contributed by atoms with Crippen molar-refractivity contribution in [3.8, 4) is 0 Å². The van der Waals surface area contributed by atoms with Gasteiger partial charge < -0.3 is 10.6 Å². The van der Waals surface area contributed by atoms with Crippen LogP contribution in [-0.2, 0) is 11.3 Å². The van der Waals surface area contributed by atoms with Gasteiger partial charge in [-0.25, -0.2) is 9.67 Å². The minimum atomic E-state index is -0.233. The molecule has 2 aromatic rings. The molecule has 20 heavy (non-hydrogen) atoms. The zero-order chi connectivity index (χ0) is 14.4. The van der Waals surface area contributed by atoms with Crippen molar-refractivity contribution in [2.24, 2.45) is 0 Å². The molecule has 2 rings (SSSR count). The van der Waals surface area contributed by atoms with Crippen LogP contribution in [-0.4, -0.2) is 33.1 Å². The van der Waals surface area contributed by atoms with Crippen LogP contribution in [0, 0.1) is 0 Å². The maximum Gasteiger partial charge on any atom is 0.251 e. The van der Waals surface area contributed by atoms with E-state index in [1.165, 1.54) is 17.3 Å². The fraction of sp³-hybridized carbons (Fsp3) is 0.231. The van der Waals surface area contributed by atoms with E-state index in [-0.39, 0.29) is 18.4 Å². The number of benzene rings is 1. The van der Waals surface area contributed by atoms with E-state index in [0.717, 1.165) is 0 Å². The quantitative estimate of drug-likeness (QED) is 0.837. The molecular weight excluding hydrogens is 258 g/mol. The Balaban J connectivity index is 2.00. The summed E-state index contributed by atoms with van der Waals surface area (Å²) in [7, 11) is 0. The average molecular weight is 273 g/mol. The zero-order valence-corrected chi connectivity index (χ0v) is 11.0. The van der Waals surface area contributed by atoms with E-state index >= 15 is 0 Å². The Morgan fingerprint density at radius 2 is 2.20 bits per heavy atom. The van der Waals surface area contributed by atoms with E-state index in [9.17, 15) is 9.59 Å². The Labute approximate surface area is 116 Å². The fourth-order valence-electron chi connectivity index (χ4n) is 1.66. The molecule has 0 spiro atoms. The molecule has 0 aliphatic carbocycles. The average Bonchev–Trinajstić information content (AvgIpc) is 2.92. The molecule has 1 heterocycles. The number of aromatic nitrogens is 3. The van der Waals surface area contributed by atoms with E-state index in [1.807, 2.05) is 6.92 Å². The molecule has 7 heteroatoms. The summed E-state index contributed by atoms with van der Waals surface area (Å²) in [5.41, 5.74) is 1.07. The van der Waals surface area contributed by atoms with Crippen molar-refractivity contribution >= 4 is 17.5 Å². The van der Waals surface area contributed by atoms with Crippen LogP contribution >= 0.6 is 0 Å². The van der Waals surface area contributed by atoms with Crippen molar-refractivity contribution in [1.29, 1.82) is 0 Å². The topological polar surface area (TPSA) is 88.9 Å². The Morgan fingerprint density at radius 3 is 2.90 bits per heavy atom. The van der Waals surface area contributed by atoms with Gasteiger partial charge in [0.2, 0.25) is 5.91 Å². The highest BCUT2D eigenvalue weighted by atomic mass is 16.2. The predicted octanol–water partition coefficient (Wildman–Crippen LogP) is 0.666. The Morgan fingerprint density at radius 1 is 1.35 bits per heavy atom. The molecule has 1 aromatic carbocycles. The van der Waals surface area contributed by atoms with E-state index in [4.69, 9.17) is 0 Å². The summed E-state index contributed by atoms with van der Waals surface area (Å²) >= 11 is 0. The molecule has 2 amide bonds. The first-order valence-corrected chi connectivity index (χ1v) is 6.19. The van der Waals surface area contributed by atoms with Gasteiger partial charge in [-0.05, 0) is 25.1 Å². The van der Waals surface area contributed by atoms with Gasteiger partial charge in [-0.15, -0.1) is 0 Å². The number of nitrogens with one attached hydrogen (secondary N) is 2. The number of carbonyl (C=O) groups excluding carboxylic acids is 2. The van der Waals surface area contributed by atoms with E-state index < -0.39 is 0 Å². The number of carbonyl (C=O) groups is 2. The third-order valence-electron chi connectivity index (χ3n) is 2.52. The van der Waals surface area contributed by atoms with Gasteiger partial charge >= 0.3 is 0 Å². The summed E-state index contributed by atoms with van der Waals surface area (Å²) < 4.78 is 1.42. The second-order valence-electron chi connectivity index (χ2n) is 4.08. The van der Waals surface area contributed by atoms with Gasteiger partial charge in [0.1, 0.15) is 19.2 Å². The smallest absolute Gasteiger partial charge is 0.251 e. The minimum Gasteiger partial charge on any atom is -0.352 e. The lowest BCUT2D eigenvalue weighted by Gasteiger charge is -2.07. The molecule has 0 atom stereocenters. The summed E-state index contributed by atoms with van der Waals surface area (Å²) in [6.45, 7) is 2.48. The van der Waals surface area contributed by atoms with Gasteiger partial charge in [0.05, 0.1) is 0 Å². The molecule has 2 N–H and O–H groups in total. The highest BCUT2D eigenvalue weighted by Gasteiger charge is 2.07. The summed E-state index contributed by atoms with van der Waals surface area (Å²) in [6, 6.07) is 6.76. The first-order chi connectivity index (χ1) is 9.69. The van der Waals surface area contributed by atoms with Crippen LogP contribution < -0.4 is 10.6 Å². The van der Waals surface area contributed by atoms with Crippen LogP contribution in [0.3, 0.4) is 0 Å². The van der Waals surface area contributed by atoms with Crippen molar-refractivity contribution in [3.05, 3.63) is 42.5 Å². The molecular formula is C13H15N5O2. The first kappa shape index (κ1) is 13.7. The molecule has 0 aliphatic rings. The highest BCUT2D eigenvalue weighted by Crippen LogP contribution is 2.10.